The molecular weight excluding hydrogens is 382 g/mol. The van der Waals surface area contributed by atoms with Crippen molar-refractivity contribution in [1.82, 2.24) is 15.2 Å². The maximum absolute atomic E-state index is 12.4. The molecule has 4 rings (SSSR count). The number of ether oxygens (including phenoxy) is 1. The Balaban J connectivity index is 1.29. The van der Waals surface area contributed by atoms with Crippen LogP contribution in [0.25, 0.3) is 11.5 Å². The summed E-state index contributed by atoms with van der Waals surface area (Å²) in [5.41, 5.74) is 1.87. The van der Waals surface area contributed by atoms with Crippen molar-refractivity contribution in [3.63, 3.8) is 0 Å². The molecule has 3 aromatic rings. The molecular formula is C23H27N3O4. The molecule has 30 heavy (non-hydrogen) atoms. The number of carbonyl (C=O) groups is 1. The highest BCUT2D eigenvalue weighted by molar-refractivity contribution is 5.78. The van der Waals surface area contributed by atoms with Gasteiger partial charge in [0.25, 0.3) is 0 Å². The van der Waals surface area contributed by atoms with Crippen LogP contribution in [0.4, 0.5) is 0 Å². The summed E-state index contributed by atoms with van der Waals surface area (Å²) in [5, 5.41) is 2.97. The predicted octanol–water partition coefficient (Wildman–Crippen LogP) is 3.78. The van der Waals surface area contributed by atoms with E-state index in [4.69, 9.17) is 18.6 Å². The van der Waals surface area contributed by atoms with Crippen molar-refractivity contribution in [2.24, 2.45) is 5.92 Å². The molecule has 1 aliphatic rings. The Morgan fingerprint density at radius 1 is 1.23 bits per heavy atom. The van der Waals surface area contributed by atoms with Gasteiger partial charge in [0.2, 0.25) is 11.8 Å². The van der Waals surface area contributed by atoms with E-state index in [0.717, 1.165) is 61.0 Å². The van der Waals surface area contributed by atoms with E-state index in [1.54, 1.807) is 13.4 Å². The van der Waals surface area contributed by atoms with Gasteiger partial charge in [0.1, 0.15) is 17.3 Å². The second-order valence-corrected chi connectivity index (χ2v) is 7.60. The van der Waals surface area contributed by atoms with Crippen LogP contribution in [-0.4, -0.2) is 36.0 Å². The van der Waals surface area contributed by atoms with Crippen LogP contribution in [0.1, 0.15) is 30.1 Å². The highest BCUT2D eigenvalue weighted by atomic mass is 16.5. The maximum Gasteiger partial charge on any atom is 0.226 e. The number of benzene rings is 1. The Hall–Kier alpha value is -3.06. The molecule has 1 N–H and O–H groups in total. The van der Waals surface area contributed by atoms with Crippen LogP contribution >= 0.6 is 0 Å². The average Bonchev–Trinajstić information content (AvgIpc) is 3.43. The molecule has 0 unspecified atom stereocenters. The van der Waals surface area contributed by atoms with E-state index in [1.165, 1.54) is 0 Å². The van der Waals surface area contributed by atoms with E-state index < -0.39 is 0 Å². The number of methoxy groups -OCH3 is 1. The molecule has 7 nitrogen and oxygen atoms in total. The van der Waals surface area contributed by atoms with Gasteiger partial charge in [-0.25, -0.2) is 4.98 Å². The number of aromatic nitrogens is 1. The lowest BCUT2D eigenvalue weighted by molar-refractivity contribution is -0.126. The van der Waals surface area contributed by atoms with Gasteiger partial charge in [0.05, 0.1) is 25.6 Å². The maximum atomic E-state index is 12.4. The molecule has 3 heterocycles. The van der Waals surface area contributed by atoms with Crippen molar-refractivity contribution in [2.45, 2.75) is 32.9 Å². The van der Waals surface area contributed by atoms with E-state index in [9.17, 15) is 4.79 Å². The largest absolute Gasteiger partial charge is 0.497 e. The fraction of sp³-hybridized carbons (Fsp3) is 0.391. The van der Waals surface area contributed by atoms with Crippen molar-refractivity contribution in [3.8, 4) is 17.2 Å². The van der Waals surface area contributed by atoms with Gasteiger partial charge in [-0.1, -0.05) is 0 Å². The minimum atomic E-state index is 0.0458. The number of furan rings is 1. The zero-order valence-electron chi connectivity index (χ0n) is 17.4. The number of rotatable bonds is 7. The van der Waals surface area contributed by atoms with Crippen LogP contribution in [0.3, 0.4) is 0 Å². The molecule has 1 aromatic carbocycles. The number of aryl methyl sites for hydroxylation is 1. The molecule has 1 fully saturated rings. The zero-order chi connectivity index (χ0) is 20.9. The molecule has 1 saturated heterocycles. The normalized spacial score (nSPS) is 15.3. The zero-order valence-corrected chi connectivity index (χ0v) is 17.4. The molecule has 0 spiro atoms. The second kappa shape index (κ2) is 9.17. The fourth-order valence-electron chi connectivity index (χ4n) is 3.73. The molecule has 1 amide bonds. The molecule has 2 aromatic heterocycles. The summed E-state index contributed by atoms with van der Waals surface area (Å²) in [5.74, 6) is 3.18. The predicted molar refractivity (Wildman–Crippen MR) is 112 cm³/mol. The number of likely N-dealkylation sites (tertiary alicyclic amines) is 1. The van der Waals surface area contributed by atoms with Gasteiger partial charge in [-0.05, 0) is 69.3 Å². The Labute approximate surface area is 176 Å². The van der Waals surface area contributed by atoms with E-state index in [1.807, 2.05) is 43.3 Å². The molecule has 0 bridgehead atoms. The average molecular weight is 409 g/mol. The number of hydrogen-bond acceptors (Lipinski definition) is 6. The summed E-state index contributed by atoms with van der Waals surface area (Å²) < 4.78 is 16.4. The smallest absolute Gasteiger partial charge is 0.226 e. The van der Waals surface area contributed by atoms with E-state index in [2.05, 4.69) is 10.2 Å². The minimum absolute atomic E-state index is 0.0458. The molecule has 0 atom stereocenters. The van der Waals surface area contributed by atoms with Crippen LogP contribution in [0.5, 0.6) is 5.75 Å². The van der Waals surface area contributed by atoms with E-state index in [-0.39, 0.29) is 11.8 Å². The summed E-state index contributed by atoms with van der Waals surface area (Å²) in [6, 6.07) is 11.4. The standard InChI is InChI=1S/C23H27N3O4/c1-16-21(25-23(30-16)18-5-7-19(28-2)8-6-18)15-26-11-9-17(10-12-26)22(27)24-14-20-4-3-13-29-20/h3-8,13,17H,9-12,14-15H2,1-2H3,(H,24,27). The summed E-state index contributed by atoms with van der Waals surface area (Å²) in [7, 11) is 1.65. The van der Waals surface area contributed by atoms with Gasteiger partial charge in [0.15, 0.2) is 0 Å². The van der Waals surface area contributed by atoms with E-state index in [0.29, 0.717) is 12.4 Å². The fourth-order valence-corrected chi connectivity index (χ4v) is 3.73. The molecule has 1 aliphatic heterocycles. The van der Waals surface area contributed by atoms with Crippen LogP contribution in [0.2, 0.25) is 0 Å². The lowest BCUT2D eigenvalue weighted by Gasteiger charge is -2.30. The number of oxazole rings is 1. The number of piperidine rings is 1. The number of nitrogens with one attached hydrogen (secondary N) is 1. The Morgan fingerprint density at radius 3 is 2.67 bits per heavy atom. The highest BCUT2D eigenvalue weighted by Gasteiger charge is 2.26. The van der Waals surface area contributed by atoms with Crippen molar-refractivity contribution in [2.75, 3.05) is 20.2 Å². The van der Waals surface area contributed by atoms with Crippen molar-refractivity contribution >= 4 is 5.91 Å². The summed E-state index contributed by atoms with van der Waals surface area (Å²) in [6.07, 6.45) is 3.30. The van der Waals surface area contributed by atoms with E-state index >= 15 is 0 Å². The second-order valence-electron chi connectivity index (χ2n) is 7.60. The monoisotopic (exact) mass is 409 g/mol. The van der Waals surface area contributed by atoms with Gasteiger partial charge in [-0.3, -0.25) is 9.69 Å². The number of amides is 1. The number of carbonyl (C=O) groups excluding carboxylic acids is 1. The number of nitrogens with zero attached hydrogens (tertiary/aromatic N) is 2. The van der Waals surface area contributed by atoms with Gasteiger partial charge in [-0.15, -0.1) is 0 Å². The Morgan fingerprint density at radius 2 is 2.00 bits per heavy atom. The molecule has 158 valence electrons. The van der Waals surface area contributed by atoms with Crippen LogP contribution in [-0.2, 0) is 17.9 Å². The van der Waals surface area contributed by atoms with Crippen LogP contribution in [0.15, 0.2) is 51.5 Å². The van der Waals surface area contributed by atoms with Crippen molar-refractivity contribution in [1.29, 1.82) is 0 Å². The van der Waals surface area contributed by atoms with Crippen molar-refractivity contribution in [3.05, 3.63) is 59.9 Å². The minimum Gasteiger partial charge on any atom is -0.497 e. The van der Waals surface area contributed by atoms with Crippen LogP contribution < -0.4 is 10.1 Å². The summed E-state index contributed by atoms with van der Waals surface area (Å²) in [6.45, 7) is 4.85. The molecule has 0 radical (unpaired) electrons. The topological polar surface area (TPSA) is 80.7 Å². The summed E-state index contributed by atoms with van der Waals surface area (Å²) >= 11 is 0. The first-order chi connectivity index (χ1) is 14.6. The van der Waals surface area contributed by atoms with Crippen LogP contribution in [0, 0.1) is 12.8 Å². The Kier molecular flexibility index (Phi) is 6.18. The van der Waals surface area contributed by atoms with Gasteiger partial charge >= 0.3 is 0 Å². The lowest BCUT2D eigenvalue weighted by atomic mass is 9.95. The first-order valence-corrected chi connectivity index (χ1v) is 10.3. The highest BCUT2D eigenvalue weighted by Crippen LogP contribution is 2.26. The van der Waals surface area contributed by atoms with Crippen molar-refractivity contribution < 1.29 is 18.4 Å². The van der Waals surface area contributed by atoms with Gasteiger partial charge < -0.3 is 18.9 Å². The molecule has 0 saturated carbocycles. The third-order valence-electron chi connectivity index (χ3n) is 5.58. The first kappa shape index (κ1) is 20.2. The molecule has 0 aliphatic carbocycles. The van der Waals surface area contributed by atoms with Gasteiger partial charge in [0, 0.05) is 18.0 Å². The summed E-state index contributed by atoms with van der Waals surface area (Å²) in [4.78, 5) is 19.4. The quantitative estimate of drug-likeness (QED) is 0.640. The lowest BCUT2D eigenvalue weighted by Crippen LogP contribution is -2.40. The molecule has 7 heteroatoms. The first-order valence-electron chi connectivity index (χ1n) is 10.3. The third-order valence-corrected chi connectivity index (χ3v) is 5.58. The SMILES string of the molecule is COc1ccc(-c2nc(CN3CCC(C(=O)NCc4ccco4)CC3)c(C)o2)cc1. The number of hydrogen-bond donors (Lipinski definition) is 1. The third kappa shape index (κ3) is 4.74. The van der Waals surface area contributed by atoms with Gasteiger partial charge in [-0.2, -0.15) is 0 Å². The Bertz CT molecular complexity index is 955.